The van der Waals surface area contributed by atoms with Gasteiger partial charge < -0.3 is 5.32 Å². The number of carbonyl (C=O) groups is 2. The van der Waals surface area contributed by atoms with Gasteiger partial charge in [0.2, 0.25) is 5.91 Å². The fourth-order valence-electron chi connectivity index (χ4n) is 2.77. The van der Waals surface area contributed by atoms with E-state index in [0.29, 0.717) is 16.6 Å². The fourth-order valence-corrected chi connectivity index (χ4v) is 4.92. The van der Waals surface area contributed by atoms with Crippen LogP contribution in [0.1, 0.15) is 19.3 Å². The summed E-state index contributed by atoms with van der Waals surface area (Å²) in [5.41, 5.74) is 0.515. The standard InChI is InChI=1S/C15H15BrFN3O4S/c16-11-7-9(17)1-2-12(11)18-15(22)13-3-4-14(21)20(19-13)10-5-6-25(23,24)8-10/h1-2,7,10H,3-6,8H2,(H,18,22). The third-order valence-corrected chi connectivity index (χ3v) is 6.46. The van der Waals surface area contributed by atoms with Crippen LogP contribution in [0.5, 0.6) is 0 Å². The molecular weight excluding hydrogens is 417 g/mol. The zero-order chi connectivity index (χ0) is 18.2. The van der Waals surface area contributed by atoms with Crippen molar-refractivity contribution < 1.29 is 22.4 Å². The maximum Gasteiger partial charge on any atom is 0.271 e. The smallest absolute Gasteiger partial charge is 0.271 e. The van der Waals surface area contributed by atoms with Gasteiger partial charge in [0.15, 0.2) is 9.84 Å². The largest absolute Gasteiger partial charge is 0.320 e. The molecule has 2 aliphatic heterocycles. The molecule has 25 heavy (non-hydrogen) atoms. The van der Waals surface area contributed by atoms with Crippen molar-refractivity contribution in [2.45, 2.75) is 25.3 Å². The van der Waals surface area contributed by atoms with Gasteiger partial charge in [-0.2, -0.15) is 5.10 Å². The van der Waals surface area contributed by atoms with Crippen LogP contribution in [0.2, 0.25) is 0 Å². The fraction of sp³-hybridized carbons (Fsp3) is 0.400. The van der Waals surface area contributed by atoms with E-state index in [2.05, 4.69) is 26.3 Å². The molecule has 0 radical (unpaired) electrons. The van der Waals surface area contributed by atoms with Crippen LogP contribution in [0.3, 0.4) is 0 Å². The lowest BCUT2D eigenvalue weighted by Gasteiger charge is -2.27. The molecule has 2 amide bonds. The van der Waals surface area contributed by atoms with Gasteiger partial charge in [-0.3, -0.25) is 9.59 Å². The molecule has 1 fully saturated rings. The normalized spacial score (nSPS) is 22.6. The van der Waals surface area contributed by atoms with Crippen molar-refractivity contribution in [2.75, 3.05) is 16.8 Å². The van der Waals surface area contributed by atoms with Crippen LogP contribution in [0.25, 0.3) is 0 Å². The number of hydrogen-bond donors (Lipinski definition) is 1. The molecule has 0 spiro atoms. The van der Waals surface area contributed by atoms with Crippen molar-refractivity contribution >= 4 is 49.0 Å². The van der Waals surface area contributed by atoms with E-state index in [-0.39, 0.29) is 36.0 Å². The van der Waals surface area contributed by atoms with Gasteiger partial charge in [0.25, 0.3) is 5.91 Å². The molecule has 1 unspecified atom stereocenters. The van der Waals surface area contributed by atoms with Crippen molar-refractivity contribution in [3.63, 3.8) is 0 Å². The van der Waals surface area contributed by atoms with E-state index in [1.54, 1.807) is 0 Å². The number of amides is 2. The molecule has 1 aromatic rings. The number of sulfone groups is 1. The van der Waals surface area contributed by atoms with E-state index in [1.165, 1.54) is 18.2 Å². The van der Waals surface area contributed by atoms with Crippen molar-refractivity contribution in [2.24, 2.45) is 5.10 Å². The summed E-state index contributed by atoms with van der Waals surface area (Å²) in [6, 6.07) is 3.31. The number of hydrogen-bond acceptors (Lipinski definition) is 5. The van der Waals surface area contributed by atoms with Gasteiger partial charge in [-0.05, 0) is 40.5 Å². The third-order valence-electron chi connectivity index (χ3n) is 4.06. The first-order chi connectivity index (χ1) is 11.7. The molecule has 1 atom stereocenters. The summed E-state index contributed by atoms with van der Waals surface area (Å²) >= 11 is 3.16. The predicted octanol–water partition coefficient (Wildman–Crippen LogP) is 1.69. The second-order valence-electron chi connectivity index (χ2n) is 5.92. The summed E-state index contributed by atoms with van der Waals surface area (Å²) in [5.74, 6) is -1.37. The number of halogens is 2. The molecule has 10 heteroatoms. The molecule has 2 aliphatic rings. The van der Waals surface area contributed by atoms with Gasteiger partial charge >= 0.3 is 0 Å². The molecule has 7 nitrogen and oxygen atoms in total. The highest BCUT2D eigenvalue weighted by atomic mass is 79.9. The molecule has 0 bridgehead atoms. The Hall–Kier alpha value is -1.81. The SMILES string of the molecule is O=C(Nc1ccc(F)cc1Br)C1=NN(C2CCS(=O)(=O)C2)C(=O)CC1. The van der Waals surface area contributed by atoms with Gasteiger partial charge in [0, 0.05) is 17.3 Å². The Kier molecular flexibility index (Phi) is 4.92. The van der Waals surface area contributed by atoms with Crippen LogP contribution >= 0.6 is 15.9 Å². The zero-order valence-electron chi connectivity index (χ0n) is 13.0. The van der Waals surface area contributed by atoms with Crippen LogP contribution in [-0.2, 0) is 19.4 Å². The number of benzene rings is 1. The van der Waals surface area contributed by atoms with Crippen LogP contribution in [0, 0.1) is 5.82 Å². The van der Waals surface area contributed by atoms with Crippen LogP contribution in [0.15, 0.2) is 27.8 Å². The number of carbonyl (C=O) groups excluding carboxylic acids is 2. The van der Waals surface area contributed by atoms with Gasteiger partial charge in [-0.15, -0.1) is 0 Å². The molecule has 2 heterocycles. The number of anilines is 1. The van der Waals surface area contributed by atoms with Crippen molar-refractivity contribution in [1.29, 1.82) is 0 Å². The van der Waals surface area contributed by atoms with Gasteiger partial charge in [0.05, 0.1) is 23.2 Å². The summed E-state index contributed by atoms with van der Waals surface area (Å²) in [6.45, 7) is 0. The molecule has 0 aromatic heterocycles. The maximum absolute atomic E-state index is 13.1. The second-order valence-corrected chi connectivity index (χ2v) is 9.00. The average molecular weight is 432 g/mol. The van der Waals surface area contributed by atoms with E-state index < -0.39 is 27.6 Å². The summed E-state index contributed by atoms with van der Waals surface area (Å²) in [7, 11) is -3.17. The molecular formula is C15H15BrFN3O4S. The lowest BCUT2D eigenvalue weighted by atomic mass is 10.1. The highest BCUT2D eigenvalue weighted by Crippen LogP contribution is 2.25. The molecule has 0 aliphatic carbocycles. The summed E-state index contributed by atoms with van der Waals surface area (Å²) < 4.78 is 36.7. The molecule has 1 aromatic carbocycles. The zero-order valence-corrected chi connectivity index (χ0v) is 15.4. The molecule has 3 rings (SSSR count). The van der Waals surface area contributed by atoms with Crippen LogP contribution in [0.4, 0.5) is 10.1 Å². The number of rotatable bonds is 3. The molecule has 134 valence electrons. The first kappa shape index (κ1) is 18.0. The minimum Gasteiger partial charge on any atom is -0.320 e. The lowest BCUT2D eigenvalue weighted by Crippen LogP contribution is -2.42. The molecule has 1 N–H and O–H groups in total. The first-order valence-electron chi connectivity index (χ1n) is 7.61. The first-order valence-corrected chi connectivity index (χ1v) is 10.2. The highest BCUT2D eigenvalue weighted by Gasteiger charge is 2.37. The maximum atomic E-state index is 13.1. The van der Waals surface area contributed by atoms with Crippen molar-refractivity contribution in [1.82, 2.24) is 5.01 Å². The van der Waals surface area contributed by atoms with Crippen LogP contribution < -0.4 is 5.32 Å². The summed E-state index contributed by atoms with van der Waals surface area (Å²) in [5, 5.41) is 7.83. The van der Waals surface area contributed by atoms with Crippen molar-refractivity contribution in [3.8, 4) is 0 Å². The van der Waals surface area contributed by atoms with E-state index in [0.717, 1.165) is 5.01 Å². The third kappa shape index (κ3) is 4.06. The molecule has 1 saturated heterocycles. The van der Waals surface area contributed by atoms with Crippen LogP contribution in [-0.4, -0.2) is 48.5 Å². The monoisotopic (exact) mass is 431 g/mol. The second kappa shape index (κ2) is 6.83. The minimum atomic E-state index is -3.17. The van der Waals surface area contributed by atoms with E-state index >= 15 is 0 Å². The molecule has 0 saturated carbocycles. The quantitative estimate of drug-likeness (QED) is 0.787. The summed E-state index contributed by atoms with van der Waals surface area (Å²) in [4.78, 5) is 24.4. The summed E-state index contributed by atoms with van der Waals surface area (Å²) in [6.07, 6.45) is 0.572. The van der Waals surface area contributed by atoms with E-state index in [9.17, 15) is 22.4 Å². The average Bonchev–Trinajstić information content (AvgIpc) is 2.90. The van der Waals surface area contributed by atoms with Gasteiger partial charge in [-0.25, -0.2) is 17.8 Å². The Labute approximate surface area is 152 Å². The Bertz CT molecular complexity index is 872. The Morgan fingerprint density at radius 3 is 2.76 bits per heavy atom. The lowest BCUT2D eigenvalue weighted by molar-refractivity contribution is -0.133. The highest BCUT2D eigenvalue weighted by molar-refractivity contribution is 9.10. The Morgan fingerprint density at radius 1 is 1.36 bits per heavy atom. The number of hydrazone groups is 1. The predicted molar refractivity (Wildman–Crippen MR) is 93.3 cm³/mol. The van der Waals surface area contributed by atoms with E-state index in [4.69, 9.17) is 0 Å². The number of nitrogens with zero attached hydrogens (tertiary/aromatic N) is 2. The number of nitrogens with one attached hydrogen (secondary N) is 1. The van der Waals surface area contributed by atoms with E-state index in [1.807, 2.05) is 0 Å². The Morgan fingerprint density at radius 2 is 2.12 bits per heavy atom. The van der Waals surface area contributed by atoms with Gasteiger partial charge in [0.1, 0.15) is 11.5 Å². The topological polar surface area (TPSA) is 95.9 Å². The van der Waals surface area contributed by atoms with Crippen molar-refractivity contribution in [3.05, 3.63) is 28.5 Å². The van der Waals surface area contributed by atoms with Gasteiger partial charge in [-0.1, -0.05) is 0 Å². The minimum absolute atomic E-state index is 0.0149. The Balaban J connectivity index is 1.77.